The second-order valence-electron chi connectivity index (χ2n) is 9.50. The fourth-order valence-electron chi connectivity index (χ4n) is 4.43. The van der Waals surface area contributed by atoms with Crippen LogP contribution in [0.3, 0.4) is 0 Å². The molecule has 0 spiro atoms. The van der Waals surface area contributed by atoms with Crippen LogP contribution in [0.25, 0.3) is 33.7 Å². The third-order valence-electron chi connectivity index (χ3n) is 6.31. The molecule has 1 aliphatic heterocycles. The van der Waals surface area contributed by atoms with E-state index >= 15 is 4.39 Å². The molecule has 0 N–H and O–H groups in total. The van der Waals surface area contributed by atoms with Crippen molar-refractivity contribution in [3.05, 3.63) is 58.6 Å². The highest BCUT2D eigenvalue weighted by molar-refractivity contribution is 5.86. The van der Waals surface area contributed by atoms with Crippen LogP contribution in [0.15, 0.2) is 51.9 Å². The minimum Gasteiger partial charge on any atom is -0.493 e. The number of nitrogens with zero attached hydrogens (tertiary/aromatic N) is 4. The molecule has 0 aliphatic carbocycles. The molecule has 5 rings (SSSR count). The van der Waals surface area contributed by atoms with Crippen molar-refractivity contribution < 1.29 is 13.7 Å². The van der Waals surface area contributed by atoms with Crippen molar-refractivity contribution in [3.63, 3.8) is 0 Å². The van der Waals surface area contributed by atoms with E-state index < -0.39 is 0 Å². The quantitative estimate of drug-likeness (QED) is 0.370. The molecule has 0 bridgehead atoms. The number of aryl methyl sites for hydroxylation is 1. The van der Waals surface area contributed by atoms with Crippen LogP contribution in [0.2, 0.25) is 0 Å². The smallest absolute Gasteiger partial charge is 0.263 e. The van der Waals surface area contributed by atoms with Gasteiger partial charge in [0.15, 0.2) is 0 Å². The zero-order chi connectivity index (χ0) is 24.5. The topological polar surface area (TPSA) is 73.4 Å². The fraction of sp³-hybridized carbons (Fsp3) is 0.370. The third-order valence-corrected chi connectivity index (χ3v) is 6.31. The first-order chi connectivity index (χ1) is 16.9. The highest BCUT2D eigenvalue weighted by Crippen LogP contribution is 2.29. The SMILES string of the molecule is CC(C)COc1ccc(-c2noc(-c3cn(C)c4cc(N5CCCCC5)c(F)cc4c3=O)n2)cc1. The predicted octanol–water partition coefficient (Wildman–Crippen LogP) is 5.42. The number of benzene rings is 2. The number of halogens is 1. The Labute approximate surface area is 203 Å². The van der Waals surface area contributed by atoms with E-state index in [-0.39, 0.29) is 28.1 Å². The Hall–Kier alpha value is -3.68. The zero-order valence-electron chi connectivity index (χ0n) is 20.3. The average Bonchev–Trinajstić information content (AvgIpc) is 3.35. The molecule has 182 valence electrons. The van der Waals surface area contributed by atoms with Gasteiger partial charge < -0.3 is 18.7 Å². The van der Waals surface area contributed by atoms with E-state index in [9.17, 15) is 4.79 Å². The van der Waals surface area contributed by atoms with Crippen LogP contribution in [0.4, 0.5) is 10.1 Å². The standard InChI is InChI=1S/C27H29FN4O3/c1-17(2)16-34-19-9-7-18(8-10-19)26-29-27(35-30-26)21-15-31(3)23-14-24(32-11-5-4-6-12-32)22(28)13-20(23)25(21)33/h7-10,13-15,17H,4-6,11-12,16H2,1-3H3. The number of aromatic nitrogens is 3. The van der Waals surface area contributed by atoms with Crippen molar-refractivity contribution in [2.24, 2.45) is 13.0 Å². The van der Waals surface area contributed by atoms with Crippen LogP contribution in [-0.2, 0) is 7.05 Å². The number of piperidine rings is 1. The maximum absolute atomic E-state index is 15.1. The van der Waals surface area contributed by atoms with Crippen molar-refractivity contribution in [2.75, 3.05) is 24.6 Å². The number of pyridine rings is 1. The molecule has 35 heavy (non-hydrogen) atoms. The van der Waals surface area contributed by atoms with E-state index in [2.05, 4.69) is 28.9 Å². The molecule has 0 amide bonds. The summed E-state index contributed by atoms with van der Waals surface area (Å²) in [6.07, 6.45) is 4.92. The molecule has 2 aromatic heterocycles. The van der Waals surface area contributed by atoms with E-state index in [1.165, 1.54) is 6.07 Å². The van der Waals surface area contributed by atoms with Gasteiger partial charge in [-0.2, -0.15) is 4.98 Å². The summed E-state index contributed by atoms with van der Waals surface area (Å²) in [5, 5.41) is 4.34. The van der Waals surface area contributed by atoms with Gasteiger partial charge >= 0.3 is 0 Å². The summed E-state index contributed by atoms with van der Waals surface area (Å²) < 4.78 is 28.0. The van der Waals surface area contributed by atoms with Gasteiger partial charge in [-0.15, -0.1) is 0 Å². The third kappa shape index (κ3) is 4.65. The maximum Gasteiger partial charge on any atom is 0.263 e. The first kappa shape index (κ1) is 23.1. The summed E-state index contributed by atoms with van der Waals surface area (Å²) in [6, 6.07) is 10.5. The largest absolute Gasteiger partial charge is 0.493 e. The zero-order valence-corrected chi connectivity index (χ0v) is 20.3. The molecule has 1 saturated heterocycles. The summed E-state index contributed by atoms with van der Waals surface area (Å²) in [5.41, 5.74) is 1.85. The van der Waals surface area contributed by atoms with E-state index in [1.807, 2.05) is 35.9 Å². The van der Waals surface area contributed by atoms with Gasteiger partial charge in [-0.3, -0.25) is 4.79 Å². The van der Waals surface area contributed by atoms with Gasteiger partial charge in [0.05, 0.1) is 17.8 Å². The highest BCUT2D eigenvalue weighted by Gasteiger charge is 2.21. The van der Waals surface area contributed by atoms with E-state index in [0.29, 0.717) is 29.6 Å². The van der Waals surface area contributed by atoms with E-state index in [4.69, 9.17) is 9.26 Å². The Balaban J connectivity index is 1.46. The number of rotatable bonds is 6. The molecule has 7 nitrogen and oxygen atoms in total. The molecule has 4 aromatic rings. The summed E-state index contributed by atoms with van der Waals surface area (Å²) in [6.45, 7) is 6.47. The number of hydrogen-bond donors (Lipinski definition) is 0. The molecule has 2 aromatic carbocycles. The summed E-state index contributed by atoms with van der Waals surface area (Å²) in [7, 11) is 1.83. The molecule has 8 heteroatoms. The first-order valence-electron chi connectivity index (χ1n) is 12.1. The van der Waals surface area contributed by atoms with Crippen molar-refractivity contribution in [3.8, 4) is 28.6 Å². The molecule has 1 aliphatic rings. The highest BCUT2D eigenvalue weighted by atomic mass is 19.1. The van der Waals surface area contributed by atoms with Crippen LogP contribution in [-0.4, -0.2) is 34.4 Å². The second kappa shape index (κ2) is 9.52. The Morgan fingerprint density at radius 1 is 1.11 bits per heavy atom. The lowest BCUT2D eigenvalue weighted by molar-refractivity contribution is 0.271. The van der Waals surface area contributed by atoms with Crippen LogP contribution in [0.1, 0.15) is 33.1 Å². The van der Waals surface area contributed by atoms with Crippen molar-refractivity contribution >= 4 is 16.6 Å². The number of ether oxygens (including phenoxy) is 1. The molecule has 0 radical (unpaired) electrons. The monoisotopic (exact) mass is 476 g/mol. The van der Waals surface area contributed by atoms with Crippen LogP contribution in [0, 0.1) is 11.7 Å². The van der Waals surface area contributed by atoms with Gasteiger partial charge in [0.1, 0.15) is 17.1 Å². The predicted molar refractivity (Wildman–Crippen MR) is 134 cm³/mol. The van der Waals surface area contributed by atoms with Crippen LogP contribution < -0.4 is 15.1 Å². The van der Waals surface area contributed by atoms with Crippen LogP contribution in [0.5, 0.6) is 5.75 Å². The van der Waals surface area contributed by atoms with Crippen LogP contribution >= 0.6 is 0 Å². The second-order valence-corrected chi connectivity index (χ2v) is 9.50. The molecule has 0 saturated carbocycles. The molecule has 0 atom stereocenters. The average molecular weight is 477 g/mol. The van der Waals surface area contributed by atoms with Gasteiger partial charge in [0, 0.05) is 37.3 Å². The summed E-state index contributed by atoms with van der Waals surface area (Å²) >= 11 is 0. The van der Waals surface area contributed by atoms with Gasteiger partial charge in [-0.05, 0) is 61.6 Å². The molecule has 1 fully saturated rings. The first-order valence-corrected chi connectivity index (χ1v) is 12.1. The Kier molecular flexibility index (Phi) is 6.28. The number of hydrogen-bond acceptors (Lipinski definition) is 6. The minimum absolute atomic E-state index is 0.100. The lowest BCUT2D eigenvalue weighted by Crippen LogP contribution is -2.30. The van der Waals surface area contributed by atoms with Crippen molar-refractivity contribution in [2.45, 2.75) is 33.1 Å². The van der Waals surface area contributed by atoms with Crippen molar-refractivity contribution in [1.29, 1.82) is 0 Å². The molecule has 0 unspecified atom stereocenters. The Bertz CT molecular complexity index is 1400. The van der Waals surface area contributed by atoms with Gasteiger partial charge in [-0.1, -0.05) is 19.0 Å². The van der Waals surface area contributed by atoms with Crippen molar-refractivity contribution in [1.82, 2.24) is 14.7 Å². The molecular weight excluding hydrogens is 447 g/mol. The van der Waals surface area contributed by atoms with Gasteiger partial charge in [0.2, 0.25) is 11.3 Å². The lowest BCUT2D eigenvalue weighted by atomic mass is 10.1. The Morgan fingerprint density at radius 2 is 1.86 bits per heavy atom. The van der Waals surface area contributed by atoms with E-state index in [1.54, 1.807) is 12.3 Å². The summed E-state index contributed by atoms with van der Waals surface area (Å²) in [5.74, 6) is 1.27. The fourth-order valence-corrected chi connectivity index (χ4v) is 4.43. The van der Waals surface area contributed by atoms with Gasteiger partial charge in [-0.25, -0.2) is 4.39 Å². The molecule has 3 heterocycles. The van der Waals surface area contributed by atoms with Gasteiger partial charge in [0.25, 0.3) is 5.89 Å². The lowest BCUT2D eigenvalue weighted by Gasteiger charge is -2.29. The number of anilines is 1. The van der Waals surface area contributed by atoms with E-state index in [0.717, 1.165) is 43.7 Å². The summed E-state index contributed by atoms with van der Waals surface area (Å²) in [4.78, 5) is 19.8. The molecular formula is C27H29FN4O3. The maximum atomic E-state index is 15.1. The Morgan fingerprint density at radius 3 is 2.57 bits per heavy atom. The minimum atomic E-state index is -0.389. The normalized spacial score (nSPS) is 14.1. The number of fused-ring (bicyclic) bond motifs is 1.